The lowest BCUT2D eigenvalue weighted by Crippen LogP contribution is -2.47. The molecule has 0 amide bonds. The van der Waals surface area contributed by atoms with Gasteiger partial charge in [-0.15, -0.1) is 0 Å². The first kappa shape index (κ1) is 22.1. The van der Waals surface area contributed by atoms with Crippen LogP contribution < -0.4 is 16.4 Å². The lowest BCUT2D eigenvalue weighted by Gasteiger charge is -2.35. The van der Waals surface area contributed by atoms with E-state index >= 15 is 0 Å². The highest BCUT2D eigenvalue weighted by Crippen LogP contribution is 2.27. The number of allylic oxidation sites excluding steroid dienone is 2. The molecular weight excluding hydrogens is 394 g/mol. The van der Waals surface area contributed by atoms with Crippen LogP contribution in [-0.4, -0.2) is 70.0 Å². The molecular formula is C21H27N9O. The van der Waals surface area contributed by atoms with Crippen molar-refractivity contribution >= 4 is 23.3 Å². The molecule has 31 heavy (non-hydrogen) atoms. The van der Waals surface area contributed by atoms with Gasteiger partial charge in [-0.05, 0) is 32.1 Å². The SMILES string of the molecule is CC(N)=CC(C)=Nc1nc(N)c(C#N)c(-c2cccc(N3CCN(CCO)CC3)n2)n1. The van der Waals surface area contributed by atoms with E-state index in [2.05, 4.69) is 30.8 Å². The van der Waals surface area contributed by atoms with Crippen LogP contribution in [0.5, 0.6) is 0 Å². The molecule has 3 rings (SSSR count). The van der Waals surface area contributed by atoms with Crippen LogP contribution in [0.15, 0.2) is 35.0 Å². The largest absolute Gasteiger partial charge is 0.402 e. The molecule has 0 aromatic carbocycles. The Bertz CT molecular complexity index is 1030. The van der Waals surface area contributed by atoms with Crippen LogP contribution in [0.2, 0.25) is 0 Å². The second-order valence-electron chi connectivity index (χ2n) is 7.32. The van der Waals surface area contributed by atoms with E-state index in [-0.39, 0.29) is 23.9 Å². The molecule has 1 aliphatic rings. The predicted octanol–water partition coefficient (Wildman–Crippen LogP) is 1.06. The number of aliphatic hydroxyl groups is 1. The van der Waals surface area contributed by atoms with Crippen molar-refractivity contribution in [3.8, 4) is 17.5 Å². The summed E-state index contributed by atoms with van der Waals surface area (Å²) in [5.74, 6) is 0.994. The van der Waals surface area contributed by atoms with Crippen molar-refractivity contribution < 1.29 is 5.11 Å². The normalized spacial score (nSPS) is 15.7. The highest BCUT2D eigenvalue weighted by molar-refractivity contribution is 5.94. The van der Waals surface area contributed by atoms with Crippen LogP contribution in [0.4, 0.5) is 17.6 Å². The predicted molar refractivity (Wildman–Crippen MR) is 121 cm³/mol. The third-order valence-corrected chi connectivity index (χ3v) is 4.84. The smallest absolute Gasteiger partial charge is 0.252 e. The molecule has 0 bridgehead atoms. The topological polar surface area (TPSA) is 154 Å². The molecule has 10 nitrogen and oxygen atoms in total. The van der Waals surface area contributed by atoms with Crippen molar-refractivity contribution in [1.82, 2.24) is 19.9 Å². The summed E-state index contributed by atoms with van der Waals surface area (Å²) in [4.78, 5) is 22.1. The molecule has 162 valence electrons. The summed E-state index contributed by atoms with van der Waals surface area (Å²) in [5, 5.41) is 18.7. The monoisotopic (exact) mass is 421 g/mol. The van der Waals surface area contributed by atoms with Crippen LogP contribution >= 0.6 is 0 Å². The van der Waals surface area contributed by atoms with Gasteiger partial charge in [0.15, 0.2) is 0 Å². The molecule has 2 aromatic rings. The summed E-state index contributed by atoms with van der Waals surface area (Å²) in [6.07, 6.45) is 1.70. The Morgan fingerprint density at radius 2 is 1.97 bits per heavy atom. The Kier molecular flexibility index (Phi) is 7.12. The number of rotatable bonds is 6. The zero-order chi connectivity index (χ0) is 22.4. The molecule has 2 aromatic heterocycles. The number of aromatic nitrogens is 3. The zero-order valence-electron chi connectivity index (χ0n) is 17.8. The van der Waals surface area contributed by atoms with Gasteiger partial charge in [0.1, 0.15) is 29.0 Å². The second kappa shape index (κ2) is 9.97. The maximum absolute atomic E-state index is 9.61. The number of piperazine rings is 1. The van der Waals surface area contributed by atoms with Gasteiger partial charge in [-0.2, -0.15) is 10.2 Å². The van der Waals surface area contributed by atoms with Crippen molar-refractivity contribution in [2.45, 2.75) is 13.8 Å². The number of pyridine rings is 1. The molecule has 0 unspecified atom stereocenters. The van der Waals surface area contributed by atoms with Crippen molar-refractivity contribution in [3.05, 3.63) is 35.5 Å². The Hall–Kier alpha value is -3.55. The van der Waals surface area contributed by atoms with Crippen molar-refractivity contribution in [2.75, 3.05) is 50.0 Å². The molecule has 1 aliphatic heterocycles. The van der Waals surface area contributed by atoms with Gasteiger partial charge in [0.25, 0.3) is 5.95 Å². The molecule has 0 radical (unpaired) electrons. The fraction of sp³-hybridized carbons (Fsp3) is 0.381. The summed E-state index contributed by atoms with van der Waals surface area (Å²) in [6.45, 7) is 7.67. The van der Waals surface area contributed by atoms with Gasteiger partial charge in [0.2, 0.25) is 0 Å². The van der Waals surface area contributed by atoms with Gasteiger partial charge in [0.05, 0.1) is 12.3 Å². The first-order valence-electron chi connectivity index (χ1n) is 10.0. The van der Waals surface area contributed by atoms with Crippen LogP contribution in [0.25, 0.3) is 11.4 Å². The van der Waals surface area contributed by atoms with E-state index in [0.717, 1.165) is 32.0 Å². The minimum atomic E-state index is 0.0531. The van der Waals surface area contributed by atoms with E-state index < -0.39 is 0 Å². The maximum atomic E-state index is 9.61. The third-order valence-electron chi connectivity index (χ3n) is 4.84. The van der Waals surface area contributed by atoms with Gasteiger partial charge in [0, 0.05) is 44.1 Å². The van der Waals surface area contributed by atoms with Gasteiger partial charge >= 0.3 is 0 Å². The van der Waals surface area contributed by atoms with E-state index in [1.54, 1.807) is 26.0 Å². The Morgan fingerprint density at radius 1 is 1.23 bits per heavy atom. The number of aliphatic hydroxyl groups excluding tert-OH is 1. The van der Waals surface area contributed by atoms with E-state index in [1.807, 2.05) is 12.1 Å². The van der Waals surface area contributed by atoms with Crippen LogP contribution in [0.1, 0.15) is 19.4 Å². The zero-order valence-corrected chi connectivity index (χ0v) is 17.8. The number of nitrogen functional groups attached to an aromatic ring is 1. The first-order chi connectivity index (χ1) is 14.9. The number of aliphatic imine (C=N–C) groups is 1. The molecule has 0 spiro atoms. The molecule has 1 saturated heterocycles. The van der Waals surface area contributed by atoms with Crippen molar-refractivity contribution in [1.29, 1.82) is 5.26 Å². The third kappa shape index (κ3) is 5.53. The molecule has 10 heteroatoms. The number of hydrogen-bond donors (Lipinski definition) is 3. The maximum Gasteiger partial charge on any atom is 0.252 e. The quantitative estimate of drug-likeness (QED) is 0.581. The number of β-amino-alcohol motifs (C(OH)–C–C–N with tert-alkyl or cyclic N) is 1. The fourth-order valence-corrected chi connectivity index (χ4v) is 3.40. The molecule has 5 N–H and O–H groups in total. The number of nitriles is 1. The fourth-order valence-electron chi connectivity index (χ4n) is 3.40. The number of nitrogens with two attached hydrogens (primary N) is 2. The standard InChI is InChI=1S/C21H27N9O/c1-14(23)12-15(2)25-21-27-19(16(13-22)20(24)28-21)17-4-3-5-18(26-17)30-8-6-29(7-9-30)10-11-31/h3-5,12,31H,6-11,23H2,1-2H3,(H2,24,27,28). The average molecular weight is 422 g/mol. The van der Waals surface area contributed by atoms with E-state index in [0.29, 0.717) is 29.3 Å². The van der Waals surface area contributed by atoms with Gasteiger partial charge in [-0.1, -0.05) is 6.07 Å². The van der Waals surface area contributed by atoms with E-state index in [1.165, 1.54) is 0 Å². The summed E-state index contributed by atoms with van der Waals surface area (Å²) in [5.41, 5.74) is 14.0. The Labute approximate surface area is 181 Å². The van der Waals surface area contributed by atoms with Crippen LogP contribution in [0, 0.1) is 11.3 Å². The lowest BCUT2D eigenvalue weighted by molar-refractivity contribution is 0.188. The molecule has 3 heterocycles. The minimum absolute atomic E-state index is 0.0531. The second-order valence-corrected chi connectivity index (χ2v) is 7.32. The van der Waals surface area contributed by atoms with Crippen LogP contribution in [0.3, 0.4) is 0 Å². The van der Waals surface area contributed by atoms with E-state index in [4.69, 9.17) is 21.6 Å². The Morgan fingerprint density at radius 3 is 2.61 bits per heavy atom. The highest BCUT2D eigenvalue weighted by Gasteiger charge is 2.20. The number of nitrogens with zero attached hydrogens (tertiary/aromatic N) is 7. The summed E-state index contributed by atoms with van der Waals surface area (Å²) in [6, 6.07) is 7.68. The summed E-state index contributed by atoms with van der Waals surface area (Å²) >= 11 is 0. The lowest BCUT2D eigenvalue weighted by atomic mass is 10.1. The Balaban J connectivity index is 1.94. The van der Waals surface area contributed by atoms with Crippen molar-refractivity contribution in [3.63, 3.8) is 0 Å². The summed E-state index contributed by atoms with van der Waals surface area (Å²) < 4.78 is 0. The van der Waals surface area contributed by atoms with Crippen LogP contribution in [-0.2, 0) is 0 Å². The van der Waals surface area contributed by atoms with Crippen molar-refractivity contribution in [2.24, 2.45) is 10.7 Å². The molecule has 1 fully saturated rings. The molecule has 0 atom stereocenters. The average Bonchev–Trinajstić information content (AvgIpc) is 2.73. The van der Waals surface area contributed by atoms with Gasteiger partial charge in [-0.25, -0.2) is 15.0 Å². The molecule has 0 aliphatic carbocycles. The first-order valence-corrected chi connectivity index (χ1v) is 10.0. The highest BCUT2D eigenvalue weighted by atomic mass is 16.3. The minimum Gasteiger partial charge on any atom is -0.402 e. The van der Waals surface area contributed by atoms with Gasteiger partial charge in [-0.3, -0.25) is 4.90 Å². The number of anilines is 2. The number of hydrogen-bond acceptors (Lipinski definition) is 10. The van der Waals surface area contributed by atoms with E-state index in [9.17, 15) is 5.26 Å². The molecule has 0 saturated carbocycles. The summed E-state index contributed by atoms with van der Waals surface area (Å²) in [7, 11) is 0. The van der Waals surface area contributed by atoms with Gasteiger partial charge < -0.3 is 21.5 Å².